The Morgan fingerprint density at radius 3 is 2.78 bits per heavy atom. The molecule has 0 unspecified atom stereocenters. The number of methoxy groups -OCH3 is 1. The lowest BCUT2D eigenvalue weighted by Gasteiger charge is -2.44. The van der Waals surface area contributed by atoms with Gasteiger partial charge in [0.25, 0.3) is 5.91 Å². The second kappa shape index (κ2) is 7.00. The fourth-order valence-corrected chi connectivity index (χ4v) is 3.09. The van der Waals surface area contributed by atoms with E-state index in [9.17, 15) is 27.6 Å². The smallest absolute Gasteiger partial charge is 0.451 e. The predicted octanol–water partition coefficient (Wildman–Crippen LogP) is 1.27. The zero-order valence-corrected chi connectivity index (χ0v) is 14.1. The van der Waals surface area contributed by atoms with Crippen molar-refractivity contribution in [3.05, 3.63) is 28.2 Å². The number of fused-ring (bicyclic) bond motifs is 2. The molecule has 1 N–H and O–H groups in total. The minimum atomic E-state index is -4.35. The Labute approximate surface area is 150 Å². The van der Waals surface area contributed by atoms with Crippen LogP contribution in [-0.4, -0.2) is 54.4 Å². The Morgan fingerprint density at radius 2 is 2.11 bits per heavy atom. The van der Waals surface area contributed by atoms with Gasteiger partial charge in [-0.3, -0.25) is 14.3 Å². The lowest BCUT2D eigenvalue weighted by Crippen LogP contribution is -2.58. The van der Waals surface area contributed by atoms with E-state index in [4.69, 9.17) is 4.74 Å². The molecule has 3 rings (SSSR count). The number of nitrogens with one attached hydrogen (secondary N) is 1. The number of piperidine rings is 1. The van der Waals surface area contributed by atoms with E-state index in [2.05, 4.69) is 14.9 Å². The fourth-order valence-electron chi connectivity index (χ4n) is 3.09. The van der Waals surface area contributed by atoms with Crippen LogP contribution in [0.1, 0.15) is 23.3 Å². The number of amides is 1. The van der Waals surface area contributed by atoms with E-state index < -0.39 is 42.5 Å². The van der Waals surface area contributed by atoms with E-state index in [-0.39, 0.29) is 30.8 Å². The standard InChI is InChI=1S/C15H16F3N3O6/c1-25-14(24)27-7-26-12-9(22)3-5-21-11(12)13(23)20-4-2-8(15(16,17)18)6-10(20)19-21/h3,5,8,10,19H,2,4,6-7H2,1H3/t8-,10+/m1/s1. The van der Waals surface area contributed by atoms with E-state index >= 15 is 0 Å². The van der Waals surface area contributed by atoms with Crippen LogP contribution in [0.25, 0.3) is 0 Å². The average Bonchev–Trinajstić information content (AvgIpc) is 2.62. The van der Waals surface area contributed by atoms with Crippen molar-refractivity contribution < 1.29 is 37.0 Å². The Morgan fingerprint density at radius 1 is 1.37 bits per heavy atom. The molecule has 0 aromatic carbocycles. The highest BCUT2D eigenvalue weighted by molar-refractivity contribution is 5.96. The first-order chi connectivity index (χ1) is 12.7. The summed E-state index contributed by atoms with van der Waals surface area (Å²) in [5.41, 5.74) is 1.95. The van der Waals surface area contributed by atoms with Gasteiger partial charge in [0, 0.05) is 18.8 Å². The molecule has 2 atom stereocenters. The molecule has 2 aliphatic rings. The summed E-state index contributed by atoms with van der Waals surface area (Å²) in [7, 11) is 1.08. The van der Waals surface area contributed by atoms with Gasteiger partial charge in [0.15, 0.2) is 5.69 Å². The Balaban J connectivity index is 1.85. The third-order valence-corrected chi connectivity index (χ3v) is 4.42. The Kier molecular flexibility index (Phi) is 4.89. The van der Waals surface area contributed by atoms with Gasteiger partial charge in [-0.15, -0.1) is 0 Å². The molecule has 12 heteroatoms. The van der Waals surface area contributed by atoms with Crippen LogP contribution in [0.3, 0.4) is 0 Å². The van der Waals surface area contributed by atoms with Gasteiger partial charge in [-0.2, -0.15) is 13.2 Å². The molecule has 148 valence electrons. The molecule has 1 aromatic rings. The van der Waals surface area contributed by atoms with Crippen LogP contribution in [0, 0.1) is 5.92 Å². The number of nitrogens with zero attached hydrogens (tertiary/aromatic N) is 2. The number of hydrogen-bond acceptors (Lipinski definition) is 7. The number of pyridine rings is 1. The van der Waals surface area contributed by atoms with Crippen molar-refractivity contribution in [2.24, 2.45) is 5.92 Å². The topological polar surface area (TPSA) is 99.1 Å². The van der Waals surface area contributed by atoms with Crippen molar-refractivity contribution in [2.45, 2.75) is 25.2 Å². The van der Waals surface area contributed by atoms with Crippen LogP contribution in [-0.2, 0) is 9.47 Å². The minimum Gasteiger partial charge on any atom is -0.451 e. The highest BCUT2D eigenvalue weighted by Gasteiger charge is 2.47. The predicted molar refractivity (Wildman–Crippen MR) is 82.7 cm³/mol. The number of alkyl halides is 3. The molecule has 0 radical (unpaired) electrons. The SMILES string of the molecule is COC(=O)OCOc1c2n(ccc1=O)N[C@@H]1C[C@H](C(F)(F)F)CCN1C2=O. The van der Waals surface area contributed by atoms with Gasteiger partial charge in [0.1, 0.15) is 6.17 Å². The first kappa shape index (κ1) is 18.9. The Hall–Kier alpha value is -2.92. The third-order valence-electron chi connectivity index (χ3n) is 4.42. The first-order valence-corrected chi connectivity index (χ1v) is 7.95. The zero-order valence-electron chi connectivity index (χ0n) is 14.1. The van der Waals surface area contributed by atoms with Gasteiger partial charge < -0.3 is 24.5 Å². The number of carbonyl (C=O) groups is 2. The van der Waals surface area contributed by atoms with Crippen LogP contribution in [0.15, 0.2) is 17.1 Å². The van der Waals surface area contributed by atoms with E-state index in [1.807, 2.05) is 0 Å². The van der Waals surface area contributed by atoms with Crippen LogP contribution >= 0.6 is 0 Å². The van der Waals surface area contributed by atoms with Crippen molar-refractivity contribution in [3.8, 4) is 5.75 Å². The van der Waals surface area contributed by atoms with E-state index in [0.29, 0.717) is 0 Å². The molecule has 27 heavy (non-hydrogen) atoms. The van der Waals surface area contributed by atoms with Crippen LogP contribution in [0.2, 0.25) is 0 Å². The van der Waals surface area contributed by atoms with Crippen molar-refractivity contribution in [1.29, 1.82) is 0 Å². The number of rotatable bonds is 3. The highest BCUT2D eigenvalue weighted by atomic mass is 19.4. The molecular formula is C15H16F3N3O6. The second-order valence-corrected chi connectivity index (χ2v) is 5.99. The number of carbonyl (C=O) groups excluding carboxylic acids is 2. The molecular weight excluding hydrogens is 375 g/mol. The molecule has 0 aliphatic carbocycles. The molecule has 1 fully saturated rings. The third kappa shape index (κ3) is 3.64. The van der Waals surface area contributed by atoms with E-state index in [1.54, 1.807) is 0 Å². The summed E-state index contributed by atoms with van der Waals surface area (Å²) in [5, 5.41) is 0. The molecule has 0 saturated carbocycles. The molecule has 2 aliphatic heterocycles. The second-order valence-electron chi connectivity index (χ2n) is 5.99. The summed E-state index contributed by atoms with van der Waals surface area (Å²) in [6, 6.07) is 1.08. The van der Waals surface area contributed by atoms with E-state index in [0.717, 1.165) is 17.9 Å². The van der Waals surface area contributed by atoms with Gasteiger partial charge in [-0.1, -0.05) is 0 Å². The van der Waals surface area contributed by atoms with Gasteiger partial charge in [0.2, 0.25) is 18.0 Å². The van der Waals surface area contributed by atoms with Crippen LogP contribution in [0.5, 0.6) is 5.75 Å². The lowest BCUT2D eigenvalue weighted by molar-refractivity contribution is -0.187. The summed E-state index contributed by atoms with van der Waals surface area (Å²) in [4.78, 5) is 37.0. The maximum absolute atomic E-state index is 13.0. The molecule has 3 heterocycles. The van der Waals surface area contributed by atoms with Crippen molar-refractivity contribution in [1.82, 2.24) is 9.58 Å². The highest BCUT2D eigenvalue weighted by Crippen LogP contribution is 2.38. The van der Waals surface area contributed by atoms with Gasteiger partial charge in [-0.05, 0) is 12.8 Å². The van der Waals surface area contributed by atoms with Crippen LogP contribution in [0.4, 0.5) is 18.0 Å². The monoisotopic (exact) mass is 391 g/mol. The average molecular weight is 391 g/mol. The van der Waals surface area contributed by atoms with Gasteiger partial charge >= 0.3 is 12.3 Å². The number of halogens is 3. The number of aromatic nitrogens is 1. The largest absolute Gasteiger partial charge is 0.510 e. The summed E-state index contributed by atoms with van der Waals surface area (Å²) < 4.78 is 54.0. The molecule has 1 saturated heterocycles. The summed E-state index contributed by atoms with van der Waals surface area (Å²) >= 11 is 0. The van der Waals surface area contributed by atoms with Gasteiger partial charge in [-0.25, -0.2) is 4.79 Å². The number of hydrogen-bond donors (Lipinski definition) is 1. The molecule has 0 spiro atoms. The van der Waals surface area contributed by atoms with E-state index in [1.165, 1.54) is 11.1 Å². The number of ether oxygens (including phenoxy) is 3. The molecule has 9 nitrogen and oxygen atoms in total. The first-order valence-electron chi connectivity index (χ1n) is 7.95. The molecule has 1 aromatic heterocycles. The van der Waals surface area contributed by atoms with Gasteiger partial charge in [0.05, 0.1) is 13.0 Å². The normalized spacial score (nSPS) is 21.6. The molecule has 1 amide bonds. The fraction of sp³-hybridized carbons (Fsp3) is 0.533. The minimum absolute atomic E-state index is 0.123. The molecule has 0 bridgehead atoms. The Bertz CT molecular complexity index is 809. The van der Waals surface area contributed by atoms with Crippen molar-refractivity contribution in [3.63, 3.8) is 0 Å². The van der Waals surface area contributed by atoms with Crippen LogP contribution < -0.4 is 15.6 Å². The van der Waals surface area contributed by atoms with Crippen molar-refractivity contribution in [2.75, 3.05) is 25.9 Å². The lowest BCUT2D eigenvalue weighted by atomic mass is 9.93. The summed E-state index contributed by atoms with van der Waals surface area (Å²) in [6.07, 6.45) is -5.56. The maximum atomic E-state index is 13.0. The maximum Gasteiger partial charge on any atom is 0.510 e. The summed E-state index contributed by atoms with van der Waals surface area (Å²) in [5.74, 6) is -2.55. The summed E-state index contributed by atoms with van der Waals surface area (Å²) in [6.45, 7) is -0.798. The zero-order chi connectivity index (χ0) is 19.8. The quantitative estimate of drug-likeness (QED) is 0.612. The van der Waals surface area contributed by atoms with Crippen molar-refractivity contribution >= 4 is 12.1 Å².